The third-order valence-corrected chi connectivity index (χ3v) is 3.98. The number of anilines is 1. The molecule has 0 spiro atoms. The summed E-state index contributed by atoms with van der Waals surface area (Å²) in [5.41, 5.74) is 3.79. The van der Waals surface area contributed by atoms with Crippen LogP contribution in [-0.2, 0) is 11.2 Å². The number of carbonyl (C=O) groups excluding carboxylic acids is 1. The van der Waals surface area contributed by atoms with E-state index in [9.17, 15) is 4.79 Å². The molecule has 1 fully saturated rings. The maximum absolute atomic E-state index is 12.3. The molecule has 0 saturated carbocycles. The van der Waals surface area contributed by atoms with Crippen LogP contribution in [0.15, 0.2) is 18.3 Å². The first-order chi connectivity index (χ1) is 11.2. The first kappa shape index (κ1) is 15.6. The molecule has 0 bridgehead atoms. The fraction of sp³-hybridized carbons (Fsp3) is 0.438. The number of morpholine rings is 1. The number of ether oxygens (including phenoxy) is 1. The number of rotatable bonds is 4. The number of hydrogen-bond acceptors (Lipinski definition) is 5. The molecule has 2 aromatic heterocycles. The molecule has 23 heavy (non-hydrogen) atoms. The lowest BCUT2D eigenvalue weighted by molar-refractivity contribution is 0.0250. The van der Waals surface area contributed by atoms with Crippen LogP contribution in [0.5, 0.6) is 0 Å². The molecule has 0 aliphatic carbocycles. The van der Waals surface area contributed by atoms with Crippen LogP contribution in [0.3, 0.4) is 0 Å². The Labute approximate surface area is 134 Å². The number of pyridine rings is 1. The van der Waals surface area contributed by atoms with E-state index in [-0.39, 0.29) is 12.0 Å². The smallest absolute Gasteiger partial charge is 0.276 e. The van der Waals surface area contributed by atoms with Gasteiger partial charge < -0.3 is 15.4 Å². The molecule has 7 heteroatoms. The average molecular weight is 315 g/mol. The van der Waals surface area contributed by atoms with Gasteiger partial charge in [0.1, 0.15) is 6.10 Å². The highest BCUT2D eigenvalue weighted by Gasteiger charge is 2.18. The Morgan fingerprint density at radius 3 is 2.96 bits per heavy atom. The summed E-state index contributed by atoms with van der Waals surface area (Å²) in [6.07, 6.45) is 2.43. The molecular formula is C16H21N5O2. The van der Waals surface area contributed by atoms with Crippen LogP contribution in [0.1, 0.15) is 40.5 Å². The van der Waals surface area contributed by atoms with Crippen molar-refractivity contribution in [3.63, 3.8) is 0 Å². The summed E-state index contributed by atoms with van der Waals surface area (Å²) in [6.45, 7) is 6.22. The lowest BCUT2D eigenvalue weighted by Gasteiger charge is -2.23. The van der Waals surface area contributed by atoms with Gasteiger partial charge in [-0.1, -0.05) is 6.92 Å². The molecule has 3 heterocycles. The molecule has 1 aliphatic heterocycles. The molecule has 3 rings (SSSR count). The van der Waals surface area contributed by atoms with Crippen LogP contribution in [0.2, 0.25) is 0 Å². The number of aromatic nitrogens is 3. The van der Waals surface area contributed by atoms with Crippen LogP contribution < -0.4 is 10.6 Å². The molecular weight excluding hydrogens is 294 g/mol. The lowest BCUT2D eigenvalue weighted by Crippen LogP contribution is -2.33. The number of nitrogens with one attached hydrogen (secondary N) is 3. The molecule has 1 aliphatic rings. The first-order valence-corrected chi connectivity index (χ1v) is 7.82. The summed E-state index contributed by atoms with van der Waals surface area (Å²) in [5.74, 6) is -0.233. The Balaban J connectivity index is 1.67. The van der Waals surface area contributed by atoms with Crippen molar-refractivity contribution in [3.05, 3.63) is 41.0 Å². The molecule has 1 amide bonds. The third-order valence-electron chi connectivity index (χ3n) is 3.98. The van der Waals surface area contributed by atoms with E-state index in [0.29, 0.717) is 18.0 Å². The summed E-state index contributed by atoms with van der Waals surface area (Å²) >= 11 is 0. The zero-order valence-corrected chi connectivity index (χ0v) is 13.3. The minimum Gasteiger partial charge on any atom is -0.369 e. The molecule has 0 unspecified atom stereocenters. The van der Waals surface area contributed by atoms with Crippen molar-refractivity contribution in [1.29, 1.82) is 0 Å². The second-order valence-electron chi connectivity index (χ2n) is 5.52. The topological polar surface area (TPSA) is 91.9 Å². The molecule has 0 radical (unpaired) electrons. The number of amides is 1. The van der Waals surface area contributed by atoms with E-state index in [0.717, 1.165) is 36.5 Å². The predicted octanol–water partition coefficient (Wildman–Crippen LogP) is 1.59. The van der Waals surface area contributed by atoms with Crippen LogP contribution in [0.25, 0.3) is 0 Å². The van der Waals surface area contributed by atoms with E-state index < -0.39 is 0 Å². The summed E-state index contributed by atoms with van der Waals surface area (Å²) in [6, 6.07) is 3.71. The van der Waals surface area contributed by atoms with E-state index in [1.807, 2.05) is 26.0 Å². The number of carbonyl (C=O) groups is 1. The fourth-order valence-corrected chi connectivity index (χ4v) is 2.61. The van der Waals surface area contributed by atoms with Gasteiger partial charge in [-0.2, -0.15) is 5.10 Å². The fourth-order valence-electron chi connectivity index (χ4n) is 2.61. The second-order valence-corrected chi connectivity index (χ2v) is 5.52. The van der Waals surface area contributed by atoms with Crippen LogP contribution >= 0.6 is 0 Å². The molecule has 0 aromatic carbocycles. The highest BCUT2D eigenvalue weighted by Crippen LogP contribution is 2.19. The SMILES string of the molecule is CCc1[nH]nc(C(=O)Nc2ccc([C@H]3CNCCO3)nc2)c1C. The molecule has 7 nitrogen and oxygen atoms in total. The van der Waals surface area contributed by atoms with Gasteiger partial charge in [0.15, 0.2) is 5.69 Å². The molecule has 1 saturated heterocycles. The van der Waals surface area contributed by atoms with Gasteiger partial charge in [-0.15, -0.1) is 0 Å². The Kier molecular flexibility index (Phi) is 4.68. The van der Waals surface area contributed by atoms with Crippen molar-refractivity contribution < 1.29 is 9.53 Å². The highest BCUT2D eigenvalue weighted by molar-refractivity contribution is 6.03. The number of aryl methyl sites for hydroxylation is 1. The summed E-state index contributed by atoms with van der Waals surface area (Å²) in [4.78, 5) is 16.7. The van der Waals surface area contributed by atoms with Crippen LogP contribution in [-0.4, -0.2) is 40.8 Å². The minimum absolute atomic E-state index is 0.0331. The van der Waals surface area contributed by atoms with E-state index in [2.05, 4.69) is 25.8 Å². The first-order valence-electron chi connectivity index (χ1n) is 7.82. The zero-order chi connectivity index (χ0) is 16.2. The van der Waals surface area contributed by atoms with Crippen molar-refractivity contribution in [2.45, 2.75) is 26.4 Å². The lowest BCUT2D eigenvalue weighted by atomic mass is 10.1. The number of hydrogen-bond donors (Lipinski definition) is 3. The van der Waals surface area contributed by atoms with Crippen molar-refractivity contribution in [2.24, 2.45) is 0 Å². The van der Waals surface area contributed by atoms with Gasteiger partial charge in [0.2, 0.25) is 0 Å². The number of H-pyrrole nitrogens is 1. The van der Waals surface area contributed by atoms with Gasteiger partial charge in [0.05, 0.1) is 24.2 Å². The Bertz CT molecular complexity index is 674. The van der Waals surface area contributed by atoms with Crippen molar-refractivity contribution >= 4 is 11.6 Å². The number of nitrogens with zero attached hydrogens (tertiary/aromatic N) is 2. The maximum Gasteiger partial charge on any atom is 0.276 e. The van der Waals surface area contributed by atoms with Gasteiger partial charge in [0, 0.05) is 24.3 Å². The van der Waals surface area contributed by atoms with Gasteiger partial charge in [-0.25, -0.2) is 0 Å². The monoisotopic (exact) mass is 315 g/mol. The summed E-state index contributed by atoms with van der Waals surface area (Å²) in [7, 11) is 0. The highest BCUT2D eigenvalue weighted by atomic mass is 16.5. The molecule has 1 atom stereocenters. The Morgan fingerprint density at radius 2 is 2.35 bits per heavy atom. The quantitative estimate of drug-likeness (QED) is 0.797. The van der Waals surface area contributed by atoms with E-state index in [1.165, 1.54) is 0 Å². The summed E-state index contributed by atoms with van der Waals surface area (Å²) in [5, 5.41) is 13.1. The zero-order valence-electron chi connectivity index (χ0n) is 13.3. The number of aromatic amines is 1. The normalized spacial score (nSPS) is 17.9. The van der Waals surface area contributed by atoms with E-state index in [4.69, 9.17) is 4.74 Å². The largest absolute Gasteiger partial charge is 0.369 e. The summed E-state index contributed by atoms with van der Waals surface area (Å²) < 4.78 is 5.66. The van der Waals surface area contributed by atoms with Crippen molar-refractivity contribution in [2.75, 3.05) is 25.0 Å². The molecule has 122 valence electrons. The Hall–Kier alpha value is -2.25. The maximum atomic E-state index is 12.3. The predicted molar refractivity (Wildman–Crippen MR) is 86.5 cm³/mol. The van der Waals surface area contributed by atoms with Gasteiger partial charge >= 0.3 is 0 Å². The van der Waals surface area contributed by atoms with E-state index >= 15 is 0 Å². The third kappa shape index (κ3) is 3.40. The molecule has 3 N–H and O–H groups in total. The average Bonchev–Trinajstić information content (AvgIpc) is 2.97. The molecule has 2 aromatic rings. The minimum atomic E-state index is -0.233. The Morgan fingerprint density at radius 1 is 1.48 bits per heavy atom. The van der Waals surface area contributed by atoms with Gasteiger partial charge in [-0.3, -0.25) is 14.9 Å². The van der Waals surface area contributed by atoms with Crippen molar-refractivity contribution in [1.82, 2.24) is 20.5 Å². The van der Waals surface area contributed by atoms with Crippen LogP contribution in [0, 0.1) is 6.92 Å². The van der Waals surface area contributed by atoms with Gasteiger partial charge in [-0.05, 0) is 25.5 Å². The second kappa shape index (κ2) is 6.89. The van der Waals surface area contributed by atoms with Crippen molar-refractivity contribution in [3.8, 4) is 0 Å². The van der Waals surface area contributed by atoms with Crippen LogP contribution in [0.4, 0.5) is 5.69 Å². The van der Waals surface area contributed by atoms with E-state index in [1.54, 1.807) is 6.20 Å². The van der Waals surface area contributed by atoms with Gasteiger partial charge in [0.25, 0.3) is 5.91 Å². The standard InChI is InChI=1S/C16H21N5O2/c1-3-12-10(2)15(21-20-12)16(22)19-11-4-5-13(18-8-11)14-9-17-6-7-23-14/h4-5,8,14,17H,3,6-7,9H2,1-2H3,(H,19,22)(H,20,21)/t14-/m1/s1.